The molecule has 1 N–H and O–H groups in total. The Morgan fingerprint density at radius 3 is 2.71 bits per heavy atom. The van der Waals surface area contributed by atoms with Gasteiger partial charge >= 0.3 is 0 Å². The van der Waals surface area contributed by atoms with Crippen molar-refractivity contribution in [1.29, 1.82) is 0 Å². The molecule has 21 heavy (non-hydrogen) atoms. The monoisotopic (exact) mass is 287 g/mol. The van der Waals surface area contributed by atoms with Crippen LogP contribution in [0.5, 0.6) is 0 Å². The minimum absolute atomic E-state index is 0.0308. The average Bonchev–Trinajstić information content (AvgIpc) is 3.28. The third kappa shape index (κ3) is 2.49. The number of anilines is 1. The van der Waals surface area contributed by atoms with E-state index in [1.807, 2.05) is 0 Å². The first kappa shape index (κ1) is 13.6. The van der Waals surface area contributed by atoms with Crippen LogP contribution in [0.4, 0.5) is 11.4 Å². The molecule has 1 aromatic heterocycles. The highest BCUT2D eigenvalue weighted by Crippen LogP contribution is 2.35. The molecule has 0 amide bonds. The summed E-state index contributed by atoms with van der Waals surface area (Å²) in [5.74, 6) is 0.628. The van der Waals surface area contributed by atoms with Crippen molar-refractivity contribution in [3.05, 3.63) is 44.7 Å². The van der Waals surface area contributed by atoms with Crippen molar-refractivity contribution in [2.45, 2.75) is 25.8 Å². The second-order valence-corrected chi connectivity index (χ2v) is 5.68. The van der Waals surface area contributed by atoms with Crippen molar-refractivity contribution >= 4 is 22.3 Å². The Labute approximate surface area is 121 Å². The number of non-ortho nitro benzene ring substituents is 1. The number of pyridine rings is 1. The molecule has 1 atom stereocenters. The van der Waals surface area contributed by atoms with Crippen molar-refractivity contribution < 1.29 is 4.92 Å². The molecule has 1 aromatic carbocycles. The van der Waals surface area contributed by atoms with Crippen molar-refractivity contribution in [1.82, 2.24) is 4.57 Å². The molecule has 3 rings (SSSR count). The number of nitro groups is 1. The van der Waals surface area contributed by atoms with Gasteiger partial charge in [0.05, 0.1) is 10.4 Å². The Morgan fingerprint density at radius 2 is 2.10 bits per heavy atom. The maximum atomic E-state index is 12.0. The maximum absolute atomic E-state index is 12.0. The Kier molecular flexibility index (Phi) is 3.16. The van der Waals surface area contributed by atoms with Crippen LogP contribution in [-0.4, -0.2) is 15.5 Å². The molecule has 110 valence electrons. The Morgan fingerprint density at radius 1 is 1.38 bits per heavy atom. The number of benzene rings is 1. The lowest BCUT2D eigenvalue weighted by atomic mass is 10.1. The normalized spacial score (nSPS) is 15.9. The zero-order valence-corrected chi connectivity index (χ0v) is 12.0. The number of hydrogen-bond acceptors (Lipinski definition) is 4. The van der Waals surface area contributed by atoms with Gasteiger partial charge in [0.1, 0.15) is 0 Å². The summed E-state index contributed by atoms with van der Waals surface area (Å²) in [6, 6.07) is 6.36. The smallest absolute Gasteiger partial charge is 0.270 e. The lowest BCUT2D eigenvalue weighted by Gasteiger charge is -2.17. The third-order valence-corrected chi connectivity index (χ3v) is 4.15. The molecule has 0 spiro atoms. The highest BCUT2D eigenvalue weighted by molar-refractivity contribution is 5.93. The summed E-state index contributed by atoms with van der Waals surface area (Å²) in [6.07, 6.45) is 2.38. The number of nitrogens with zero attached hydrogens (tertiary/aromatic N) is 2. The molecule has 2 aromatic rings. The van der Waals surface area contributed by atoms with Gasteiger partial charge in [-0.05, 0) is 31.7 Å². The Balaban J connectivity index is 2.15. The third-order valence-electron chi connectivity index (χ3n) is 4.15. The summed E-state index contributed by atoms with van der Waals surface area (Å²) in [5.41, 5.74) is 1.28. The lowest BCUT2D eigenvalue weighted by Crippen LogP contribution is -2.22. The summed E-state index contributed by atoms with van der Waals surface area (Å²) in [6.45, 7) is 2.08. The number of nitrogens with one attached hydrogen (secondary N) is 1. The molecule has 0 unspecified atom stereocenters. The molecule has 1 aliphatic rings. The molecule has 0 radical (unpaired) electrons. The van der Waals surface area contributed by atoms with E-state index in [2.05, 4.69) is 12.2 Å². The van der Waals surface area contributed by atoms with Crippen LogP contribution in [0.2, 0.25) is 0 Å². The van der Waals surface area contributed by atoms with Gasteiger partial charge in [-0.15, -0.1) is 0 Å². The van der Waals surface area contributed by atoms with E-state index < -0.39 is 4.92 Å². The summed E-state index contributed by atoms with van der Waals surface area (Å²) >= 11 is 0. The predicted octanol–water partition coefficient (Wildman–Crippen LogP) is 2.66. The van der Waals surface area contributed by atoms with Crippen molar-refractivity contribution in [3.63, 3.8) is 0 Å². The lowest BCUT2D eigenvalue weighted by molar-refractivity contribution is -0.384. The standard InChI is InChI=1S/C15H17N3O3/c1-9(10-3-4-10)16-13-8-15(19)17(2)14-6-5-11(18(20)21)7-12(13)14/h5-10,16H,3-4H2,1-2H3/t9-/m1/s1. The number of aryl methyl sites for hydroxylation is 1. The minimum Gasteiger partial charge on any atom is -0.382 e. The number of rotatable bonds is 4. The summed E-state index contributed by atoms with van der Waals surface area (Å²) < 4.78 is 1.51. The van der Waals surface area contributed by atoms with Crippen molar-refractivity contribution in [3.8, 4) is 0 Å². The summed E-state index contributed by atoms with van der Waals surface area (Å²) in [5, 5.41) is 15.0. The van der Waals surface area contributed by atoms with Crippen LogP contribution in [0.15, 0.2) is 29.1 Å². The highest BCUT2D eigenvalue weighted by Gasteiger charge is 2.28. The van der Waals surface area contributed by atoms with Crippen LogP contribution < -0.4 is 10.9 Å². The SMILES string of the molecule is C[C@@H](Nc1cc(=O)n(C)c2ccc([N+](=O)[O-])cc12)C1CC1. The zero-order chi connectivity index (χ0) is 15.1. The van der Waals surface area contributed by atoms with Gasteiger partial charge in [0.2, 0.25) is 0 Å². The molecule has 0 bridgehead atoms. The van der Waals surface area contributed by atoms with Crippen molar-refractivity contribution in [2.75, 3.05) is 5.32 Å². The average molecular weight is 287 g/mol. The van der Waals surface area contributed by atoms with Crippen LogP contribution in [0.3, 0.4) is 0 Å². The summed E-state index contributed by atoms with van der Waals surface area (Å²) in [7, 11) is 1.67. The molecule has 6 heteroatoms. The van der Waals surface area contributed by atoms with Crippen LogP contribution in [0.25, 0.3) is 10.9 Å². The molecule has 0 saturated heterocycles. The summed E-state index contributed by atoms with van der Waals surface area (Å²) in [4.78, 5) is 22.6. The van der Waals surface area contributed by atoms with Gasteiger partial charge in [-0.1, -0.05) is 0 Å². The van der Waals surface area contributed by atoms with Crippen LogP contribution >= 0.6 is 0 Å². The van der Waals surface area contributed by atoms with E-state index in [-0.39, 0.29) is 17.3 Å². The topological polar surface area (TPSA) is 77.2 Å². The first-order chi connectivity index (χ1) is 9.97. The second-order valence-electron chi connectivity index (χ2n) is 5.68. The molecule has 6 nitrogen and oxygen atoms in total. The molecule has 1 fully saturated rings. The number of nitro benzene ring substituents is 1. The van der Waals surface area contributed by atoms with Gasteiger partial charge in [-0.25, -0.2) is 0 Å². The van der Waals surface area contributed by atoms with E-state index in [1.165, 1.54) is 35.6 Å². The fourth-order valence-corrected chi connectivity index (χ4v) is 2.64. The van der Waals surface area contributed by atoms with E-state index in [0.29, 0.717) is 22.5 Å². The van der Waals surface area contributed by atoms with Crippen LogP contribution in [0.1, 0.15) is 19.8 Å². The van der Waals surface area contributed by atoms with E-state index in [4.69, 9.17) is 0 Å². The Hall–Kier alpha value is -2.37. The van der Waals surface area contributed by atoms with Gasteiger partial charge in [0.15, 0.2) is 0 Å². The number of fused-ring (bicyclic) bond motifs is 1. The molecule has 1 aliphatic carbocycles. The van der Waals surface area contributed by atoms with Crippen molar-refractivity contribution in [2.24, 2.45) is 13.0 Å². The second kappa shape index (κ2) is 4.87. The predicted molar refractivity (Wildman–Crippen MR) is 81.7 cm³/mol. The van der Waals surface area contributed by atoms with Gasteiger partial charge in [-0.2, -0.15) is 0 Å². The molecule has 1 saturated carbocycles. The molecular formula is C15H17N3O3. The first-order valence-corrected chi connectivity index (χ1v) is 7.02. The van der Waals surface area contributed by atoms with Gasteiger partial charge in [0.25, 0.3) is 11.2 Å². The van der Waals surface area contributed by atoms with Gasteiger partial charge < -0.3 is 9.88 Å². The fraction of sp³-hybridized carbons (Fsp3) is 0.400. The largest absolute Gasteiger partial charge is 0.382 e. The van der Waals surface area contributed by atoms with E-state index in [9.17, 15) is 14.9 Å². The van der Waals surface area contributed by atoms with Crippen LogP contribution in [-0.2, 0) is 7.05 Å². The minimum atomic E-state index is -0.418. The van der Waals surface area contributed by atoms with Crippen LogP contribution in [0, 0.1) is 16.0 Å². The molecular weight excluding hydrogens is 270 g/mol. The fourth-order valence-electron chi connectivity index (χ4n) is 2.64. The molecule has 0 aliphatic heterocycles. The van der Waals surface area contributed by atoms with E-state index in [0.717, 1.165) is 0 Å². The molecule has 1 heterocycles. The Bertz CT molecular complexity index is 778. The maximum Gasteiger partial charge on any atom is 0.270 e. The first-order valence-electron chi connectivity index (χ1n) is 7.02. The highest BCUT2D eigenvalue weighted by atomic mass is 16.6. The van der Waals surface area contributed by atoms with Gasteiger partial charge in [-0.3, -0.25) is 14.9 Å². The van der Waals surface area contributed by atoms with E-state index in [1.54, 1.807) is 13.1 Å². The number of hydrogen-bond donors (Lipinski definition) is 1. The number of aromatic nitrogens is 1. The van der Waals surface area contributed by atoms with E-state index >= 15 is 0 Å². The van der Waals surface area contributed by atoms with Gasteiger partial charge in [0, 0.05) is 42.4 Å². The quantitative estimate of drug-likeness (QED) is 0.692. The zero-order valence-electron chi connectivity index (χ0n) is 12.0.